The first kappa shape index (κ1) is 15.0. The Bertz CT molecular complexity index is 442. The molecule has 0 spiro atoms. The summed E-state index contributed by atoms with van der Waals surface area (Å²) in [6, 6.07) is 8.10. The Kier molecular flexibility index (Phi) is 5.60. The van der Waals surface area contributed by atoms with Gasteiger partial charge in [-0.25, -0.2) is 0 Å². The Hall–Kier alpha value is -1.35. The molecule has 3 N–H and O–H groups in total. The number of amidine groups is 1. The average molecular weight is 273 g/mol. The number of hydrogen-bond donors (Lipinski definition) is 2. The van der Waals surface area contributed by atoms with E-state index < -0.39 is 0 Å². The molecule has 1 aromatic carbocycles. The zero-order valence-electron chi connectivity index (χ0n) is 12.6. The van der Waals surface area contributed by atoms with Gasteiger partial charge in [0.1, 0.15) is 5.84 Å². The van der Waals surface area contributed by atoms with Crippen LogP contribution < -0.4 is 5.73 Å². The summed E-state index contributed by atoms with van der Waals surface area (Å²) in [6.45, 7) is 5.68. The van der Waals surface area contributed by atoms with Gasteiger partial charge in [0.25, 0.3) is 0 Å². The summed E-state index contributed by atoms with van der Waals surface area (Å²) >= 11 is 0. The van der Waals surface area contributed by atoms with Crippen LogP contribution in [-0.4, -0.2) is 23.8 Å². The highest BCUT2D eigenvalue weighted by atomic mass is 15.1. The van der Waals surface area contributed by atoms with Crippen LogP contribution in [0.5, 0.6) is 0 Å². The minimum absolute atomic E-state index is 0.158. The van der Waals surface area contributed by atoms with Gasteiger partial charge in [-0.3, -0.25) is 10.3 Å². The summed E-state index contributed by atoms with van der Waals surface area (Å²) in [7, 11) is 0. The van der Waals surface area contributed by atoms with E-state index in [-0.39, 0.29) is 5.84 Å². The summed E-state index contributed by atoms with van der Waals surface area (Å²) in [5.41, 5.74) is 7.67. The molecule has 3 nitrogen and oxygen atoms in total. The van der Waals surface area contributed by atoms with Crippen molar-refractivity contribution in [3.63, 3.8) is 0 Å². The van der Waals surface area contributed by atoms with E-state index in [0.717, 1.165) is 18.0 Å². The van der Waals surface area contributed by atoms with E-state index in [1.165, 1.54) is 50.8 Å². The molecule has 0 saturated carbocycles. The number of nitrogen functional groups attached to an aromatic ring is 1. The Morgan fingerprint density at radius 3 is 2.95 bits per heavy atom. The largest absolute Gasteiger partial charge is 0.384 e. The van der Waals surface area contributed by atoms with Gasteiger partial charge in [-0.05, 0) is 49.9 Å². The number of nitrogens with zero attached hydrogens (tertiary/aromatic N) is 1. The maximum Gasteiger partial charge on any atom is 0.122 e. The molecule has 0 aromatic heterocycles. The van der Waals surface area contributed by atoms with Crippen molar-refractivity contribution < 1.29 is 0 Å². The maximum atomic E-state index is 7.52. The Balaban J connectivity index is 1.93. The van der Waals surface area contributed by atoms with Crippen molar-refractivity contribution in [1.82, 2.24) is 4.90 Å². The van der Waals surface area contributed by atoms with Gasteiger partial charge >= 0.3 is 0 Å². The van der Waals surface area contributed by atoms with E-state index in [0.29, 0.717) is 0 Å². The number of nitrogens with two attached hydrogens (primary N) is 1. The van der Waals surface area contributed by atoms with E-state index in [1.54, 1.807) is 0 Å². The van der Waals surface area contributed by atoms with E-state index in [1.807, 2.05) is 12.1 Å². The van der Waals surface area contributed by atoms with Crippen molar-refractivity contribution in [2.24, 2.45) is 11.7 Å². The van der Waals surface area contributed by atoms with Crippen molar-refractivity contribution in [1.29, 1.82) is 5.41 Å². The standard InChI is InChI=1S/C17H27N3/c1-2-5-14-7-4-10-20(11-9-14)13-15-6-3-8-16(12-15)17(18)19/h3,6,8,12,14H,2,4-5,7,9-11,13H2,1H3,(H3,18,19). The quantitative estimate of drug-likeness (QED) is 0.638. The summed E-state index contributed by atoms with van der Waals surface area (Å²) in [6.07, 6.45) is 6.73. The third-order valence-electron chi connectivity index (χ3n) is 4.28. The molecule has 1 unspecified atom stereocenters. The first-order valence-electron chi connectivity index (χ1n) is 7.84. The van der Waals surface area contributed by atoms with Crippen LogP contribution in [0.25, 0.3) is 0 Å². The van der Waals surface area contributed by atoms with Gasteiger partial charge in [-0.15, -0.1) is 0 Å². The number of rotatable bonds is 5. The first-order valence-corrected chi connectivity index (χ1v) is 7.84. The van der Waals surface area contributed by atoms with Gasteiger partial charge < -0.3 is 5.73 Å². The Morgan fingerprint density at radius 2 is 2.20 bits per heavy atom. The highest BCUT2D eigenvalue weighted by Crippen LogP contribution is 2.22. The van der Waals surface area contributed by atoms with Crippen molar-refractivity contribution in [3.8, 4) is 0 Å². The average Bonchev–Trinajstić information content (AvgIpc) is 2.65. The summed E-state index contributed by atoms with van der Waals surface area (Å²) in [4.78, 5) is 2.55. The van der Waals surface area contributed by atoms with Gasteiger partial charge in [-0.2, -0.15) is 0 Å². The van der Waals surface area contributed by atoms with Gasteiger partial charge in [0.15, 0.2) is 0 Å². The molecule has 3 heteroatoms. The molecule has 110 valence electrons. The molecule has 2 rings (SSSR count). The lowest BCUT2D eigenvalue weighted by molar-refractivity contribution is 0.271. The molecule has 20 heavy (non-hydrogen) atoms. The second-order valence-electron chi connectivity index (χ2n) is 5.98. The summed E-state index contributed by atoms with van der Waals surface area (Å²) in [5.74, 6) is 1.08. The van der Waals surface area contributed by atoms with Gasteiger partial charge in [0.2, 0.25) is 0 Å². The number of likely N-dealkylation sites (tertiary alicyclic amines) is 1. The van der Waals surface area contributed by atoms with Crippen molar-refractivity contribution >= 4 is 5.84 Å². The molecule has 1 aliphatic heterocycles. The highest BCUT2D eigenvalue weighted by molar-refractivity contribution is 5.95. The van der Waals surface area contributed by atoms with Crippen LogP contribution >= 0.6 is 0 Å². The topological polar surface area (TPSA) is 53.1 Å². The summed E-state index contributed by atoms with van der Waals surface area (Å²) in [5, 5.41) is 7.52. The maximum absolute atomic E-state index is 7.52. The zero-order valence-corrected chi connectivity index (χ0v) is 12.6. The Labute approximate surface area is 122 Å². The van der Waals surface area contributed by atoms with E-state index in [4.69, 9.17) is 11.1 Å². The predicted molar refractivity (Wildman–Crippen MR) is 85.0 cm³/mol. The highest BCUT2D eigenvalue weighted by Gasteiger charge is 2.16. The second kappa shape index (κ2) is 7.44. The molecule has 1 atom stereocenters. The molecule has 1 saturated heterocycles. The zero-order chi connectivity index (χ0) is 14.4. The molecule has 0 bridgehead atoms. The molecule has 1 heterocycles. The number of benzene rings is 1. The van der Waals surface area contributed by atoms with Gasteiger partial charge in [0.05, 0.1) is 0 Å². The second-order valence-corrected chi connectivity index (χ2v) is 5.98. The van der Waals surface area contributed by atoms with Crippen LogP contribution in [0.1, 0.15) is 50.2 Å². The van der Waals surface area contributed by atoms with Gasteiger partial charge in [-0.1, -0.05) is 38.0 Å². The monoisotopic (exact) mass is 273 g/mol. The fourth-order valence-electron chi connectivity index (χ4n) is 3.18. The minimum atomic E-state index is 0.158. The van der Waals surface area contributed by atoms with Gasteiger partial charge in [0, 0.05) is 12.1 Å². The van der Waals surface area contributed by atoms with Crippen LogP contribution in [0.15, 0.2) is 24.3 Å². The molecule has 1 aromatic rings. The number of hydrogen-bond acceptors (Lipinski definition) is 2. The fraction of sp³-hybridized carbons (Fsp3) is 0.588. The van der Waals surface area contributed by atoms with Crippen molar-refractivity contribution in [2.75, 3.05) is 13.1 Å². The fourth-order valence-corrected chi connectivity index (χ4v) is 3.18. The molecule has 0 aliphatic carbocycles. The lowest BCUT2D eigenvalue weighted by Gasteiger charge is -2.20. The molecule has 1 aliphatic rings. The molecular weight excluding hydrogens is 246 g/mol. The third kappa shape index (κ3) is 4.34. The molecule has 0 radical (unpaired) electrons. The van der Waals surface area contributed by atoms with Crippen molar-refractivity contribution in [2.45, 2.75) is 45.6 Å². The normalized spacial score (nSPS) is 20.6. The van der Waals surface area contributed by atoms with Crippen LogP contribution in [0.2, 0.25) is 0 Å². The van der Waals surface area contributed by atoms with E-state index in [9.17, 15) is 0 Å². The van der Waals surface area contributed by atoms with E-state index in [2.05, 4.69) is 24.0 Å². The van der Waals surface area contributed by atoms with Crippen molar-refractivity contribution in [3.05, 3.63) is 35.4 Å². The summed E-state index contributed by atoms with van der Waals surface area (Å²) < 4.78 is 0. The lowest BCUT2D eigenvalue weighted by atomic mass is 9.96. The third-order valence-corrected chi connectivity index (χ3v) is 4.28. The van der Waals surface area contributed by atoms with Crippen LogP contribution in [0.3, 0.4) is 0 Å². The minimum Gasteiger partial charge on any atom is -0.384 e. The SMILES string of the molecule is CCCC1CCCN(Cc2cccc(C(=N)N)c2)CC1. The molecule has 0 amide bonds. The number of nitrogens with one attached hydrogen (secondary N) is 1. The molecular formula is C17H27N3. The van der Waals surface area contributed by atoms with Crippen LogP contribution in [0, 0.1) is 11.3 Å². The predicted octanol–water partition coefficient (Wildman–Crippen LogP) is 3.37. The van der Waals surface area contributed by atoms with Crippen LogP contribution in [-0.2, 0) is 6.54 Å². The first-order chi connectivity index (χ1) is 9.69. The molecule has 1 fully saturated rings. The van der Waals surface area contributed by atoms with E-state index >= 15 is 0 Å². The van der Waals surface area contributed by atoms with Crippen LogP contribution in [0.4, 0.5) is 0 Å². The Morgan fingerprint density at radius 1 is 1.35 bits per heavy atom. The smallest absolute Gasteiger partial charge is 0.122 e. The lowest BCUT2D eigenvalue weighted by Crippen LogP contribution is -2.24.